The van der Waals surface area contributed by atoms with Gasteiger partial charge in [-0.05, 0) is 29.8 Å². The van der Waals surface area contributed by atoms with Gasteiger partial charge in [-0.3, -0.25) is 10.1 Å². The molecule has 1 aromatic heterocycles. The first-order valence-electron chi connectivity index (χ1n) is 8.95. The van der Waals surface area contributed by atoms with E-state index in [0.29, 0.717) is 32.3 Å². The molecule has 0 spiro atoms. The molecule has 2 heterocycles. The van der Waals surface area contributed by atoms with E-state index in [0.717, 1.165) is 5.56 Å². The molecular weight excluding hydrogens is 426 g/mol. The zero-order valence-corrected chi connectivity index (χ0v) is 17.5. The second-order valence-corrected chi connectivity index (χ2v) is 8.40. The molecular formula is C20H17N3O5S2. The third-order valence-electron chi connectivity index (χ3n) is 4.17. The van der Waals surface area contributed by atoms with Gasteiger partial charge in [0.25, 0.3) is 5.91 Å². The molecule has 1 aliphatic heterocycles. The summed E-state index contributed by atoms with van der Waals surface area (Å²) in [5.74, 6) is 1.11. The van der Waals surface area contributed by atoms with Crippen LogP contribution in [-0.2, 0) is 15.3 Å². The van der Waals surface area contributed by atoms with Crippen LogP contribution in [0.1, 0.15) is 15.9 Å². The molecule has 0 unspecified atom stereocenters. The van der Waals surface area contributed by atoms with Gasteiger partial charge in [0.15, 0.2) is 15.8 Å². The number of carbonyl (C=O) groups excluding carboxylic acids is 2. The summed E-state index contributed by atoms with van der Waals surface area (Å²) in [6.45, 7) is 0.130. The molecule has 1 aliphatic rings. The minimum Gasteiger partial charge on any atom is -0.485 e. The smallest absolute Gasteiger partial charge is 0.337 e. The predicted molar refractivity (Wildman–Crippen MR) is 112 cm³/mol. The zero-order valence-electron chi connectivity index (χ0n) is 15.9. The number of hydrogen-bond acceptors (Lipinski definition) is 9. The summed E-state index contributed by atoms with van der Waals surface area (Å²) in [6.07, 6.45) is -0.756. The number of ether oxygens (including phenoxy) is 3. The SMILES string of the molecule is COC(=O)c1ccc(CSc2nnc(NC(=O)[C@H]3COc4ccccc4O3)s2)cc1. The highest BCUT2D eigenvalue weighted by atomic mass is 32.2. The molecule has 3 aromatic rings. The monoisotopic (exact) mass is 443 g/mol. The standard InChI is InChI=1S/C20H17N3O5S2/c1-26-18(25)13-8-6-12(7-9-13)11-29-20-23-22-19(30-20)21-17(24)16-10-27-14-4-2-3-5-15(14)28-16/h2-9,16H,10-11H2,1H3,(H,21,22,24)/t16-/m1/s1. The van der Waals surface area contributed by atoms with E-state index in [1.54, 1.807) is 24.3 Å². The number of rotatable bonds is 6. The van der Waals surface area contributed by atoms with Crippen LogP contribution >= 0.6 is 23.1 Å². The summed E-state index contributed by atoms with van der Waals surface area (Å²) >= 11 is 2.77. The fourth-order valence-corrected chi connectivity index (χ4v) is 4.36. The van der Waals surface area contributed by atoms with Gasteiger partial charge in [0, 0.05) is 5.75 Å². The van der Waals surface area contributed by atoms with Crippen LogP contribution in [0.15, 0.2) is 52.9 Å². The Morgan fingerprint density at radius 1 is 1.17 bits per heavy atom. The van der Waals surface area contributed by atoms with Crippen molar-refractivity contribution in [3.63, 3.8) is 0 Å². The summed E-state index contributed by atoms with van der Waals surface area (Å²) in [7, 11) is 1.35. The molecule has 0 saturated carbocycles. The van der Waals surface area contributed by atoms with Gasteiger partial charge in [0.05, 0.1) is 12.7 Å². The molecule has 8 nitrogen and oxygen atoms in total. The Balaban J connectivity index is 1.30. The first-order chi connectivity index (χ1) is 14.6. The van der Waals surface area contributed by atoms with Crippen molar-refractivity contribution in [3.8, 4) is 11.5 Å². The Morgan fingerprint density at radius 2 is 1.93 bits per heavy atom. The lowest BCUT2D eigenvalue weighted by molar-refractivity contribution is -0.125. The van der Waals surface area contributed by atoms with Crippen LogP contribution < -0.4 is 14.8 Å². The Labute approximate surface area is 180 Å². The van der Waals surface area contributed by atoms with Crippen LogP contribution in [0.5, 0.6) is 11.5 Å². The van der Waals surface area contributed by atoms with Crippen LogP contribution in [0.2, 0.25) is 0 Å². The van der Waals surface area contributed by atoms with Gasteiger partial charge in [0.1, 0.15) is 6.61 Å². The highest BCUT2D eigenvalue weighted by Crippen LogP contribution is 2.32. The Kier molecular flexibility index (Phi) is 6.15. The number of nitrogens with one attached hydrogen (secondary N) is 1. The molecule has 0 fully saturated rings. The molecule has 1 N–H and O–H groups in total. The highest BCUT2D eigenvalue weighted by molar-refractivity contribution is 8.00. The summed E-state index contributed by atoms with van der Waals surface area (Å²) in [4.78, 5) is 23.9. The molecule has 30 heavy (non-hydrogen) atoms. The Hall–Kier alpha value is -3.11. The van der Waals surface area contributed by atoms with Crippen molar-refractivity contribution in [2.24, 2.45) is 0 Å². The number of carbonyl (C=O) groups is 2. The molecule has 4 rings (SSSR count). The van der Waals surface area contributed by atoms with Gasteiger partial charge in [-0.25, -0.2) is 4.79 Å². The van der Waals surface area contributed by atoms with E-state index < -0.39 is 6.10 Å². The van der Waals surface area contributed by atoms with Crippen molar-refractivity contribution in [1.82, 2.24) is 10.2 Å². The second kappa shape index (κ2) is 9.14. The maximum absolute atomic E-state index is 12.5. The normalized spacial score (nSPS) is 14.8. The van der Waals surface area contributed by atoms with E-state index in [4.69, 9.17) is 9.47 Å². The number of aromatic nitrogens is 2. The zero-order chi connectivity index (χ0) is 20.9. The number of amides is 1. The Bertz CT molecular complexity index is 1050. The fourth-order valence-electron chi connectivity index (χ4n) is 2.65. The molecule has 0 bridgehead atoms. The number of thioether (sulfide) groups is 1. The molecule has 1 atom stereocenters. The summed E-state index contributed by atoms with van der Waals surface area (Å²) in [6, 6.07) is 14.4. The van der Waals surface area contributed by atoms with Gasteiger partial charge in [-0.1, -0.05) is 47.4 Å². The fraction of sp³-hybridized carbons (Fsp3) is 0.200. The summed E-state index contributed by atoms with van der Waals surface area (Å²) in [5.41, 5.74) is 1.53. The lowest BCUT2D eigenvalue weighted by atomic mass is 10.1. The molecule has 154 valence electrons. The van der Waals surface area contributed by atoms with Crippen molar-refractivity contribution in [1.29, 1.82) is 0 Å². The van der Waals surface area contributed by atoms with Gasteiger partial charge < -0.3 is 14.2 Å². The van der Waals surface area contributed by atoms with Crippen LogP contribution in [0.3, 0.4) is 0 Å². The van der Waals surface area contributed by atoms with Crippen LogP contribution in [0.4, 0.5) is 5.13 Å². The van der Waals surface area contributed by atoms with E-state index in [1.807, 2.05) is 24.3 Å². The van der Waals surface area contributed by atoms with Crippen LogP contribution in [0.25, 0.3) is 0 Å². The molecule has 1 amide bonds. The first kappa shape index (κ1) is 20.2. The highest BCUT2D eigenvalue weighted by Gasteiger charge is 2.28. The van der Waals surface area contributed by atoms with E-state index in [-0.39, 0.29) is 18.5 Å². The number of nitrogens with zero attached hydrogens (tertiary/aromatic N) is 2. The maximum atomic E-state index is 12.5. The molecule has 10 heteroatoms. The number of methoxy groups -OCH3 is 1. The van der Waals surface area contributed by atoms with E-state index in [2.05, 4.69) is 20.3 Å². The minimum atomic E-state index is -0.756. The molecule has 0 aliphatic carbocycles. The van der Waals surface area contributed by atoms with Crippen LogP contribution in [-0.4, -0.2) is 41.9 Å². The van der Waals surface area contributed by atoms with Crippen molar-refractivity contribution in [2.75, 3.05) is 19.0 Å². The van der Waals surface area contributed by atoms with Crippen molar-refractivity contribution in [3.05, 3.63) is 59.7 Å². The van der Waals surface area contributed by atoms with Crippen molar-refractivity contribution < 1.29 is 23.8 Å². The topological polar surface area (TPSA) is 99.6 Å². The summed E-state index contributed by atoms with van der Waals surface area (Å²) < 4.78 is 16.7. The quantitative estimate of drug-likeness (QED) is 0.352. The third-order valence-corrected chi connectivity index (χ3v) is 6.22. The van der Waals surface area contributed by atoms with Gasteiger partial charge in [-0.15, -0.1) is 10.2 Å². The van der Waals surface area contributed by atoms with Crippen LogP contribution in [0, 0.1) is 0 Å². The van der Waals surface area contributed by atoms with E-state index in [9.17, 15) is 9.59 Å². The lowest BCUT2D eigenvalue weighted by Gasteiger charge is -2.25. The largest absolute Gasteiger partial charge is 0.485 e. The number of benzene rings is 2. The lowest BCUT2D eigenvalue weighted by Crippen LogP contribution is -2.40. The number of anilines is 1. The van der Waals surface area contributed by atoms with E-state index >= 15 is 0 Å². The Morgan fingerprint density at radius 3 is 2.70 bits per heavy atom. The number of hydrogen-bond donors (Lipinski definition) is 1. The van der Waals surface area contributed by atoms with Crippen molar-refractivity contribution >= 4 is 40.1 Å². The van der Waals surface area contributed by atoms with Crippen molar-refractivity contribution in [2.45, 2.75) is 16.2 Å². The average molecular weight is 444 g/mol. The molecule has 2 aromatic carbocycles. The molecule has 0 saturated heterocycles. The van der Waals surface area contributed by atoms with Gasteiger partial charge in [0.2, 0.25) is 11.2 Å². The number of esters is 1. The first-order valence-corrected chi connectivity index (χ1v) is 10.8. The summed E-state index contributed by atoms with van der Waals surface area (Å²) in [5, 5.41) is 11.2. The van der Waals surface area contributed by atoms with E-state index in [1.165, 1.54) is 30.2 Å². The van der Waals surface area contributed by atoms with Gasteiger partial charge in [-0.2, -0.15) is 0 Å². The molecule has 0 radical (unpaired) electrons. The second-order valence-electron chi connectivity index (χ2n) is 6.20. The third kappa shape index (κ3) is 4.71. The van der Waals surface area contributed by atoms with Gasteiger partial charge >= 0.3 is 5.97 Å². The maximum Gasteiger partial charge on any atom is 0.337 e. The predicted octanol–water partition coefficient (Wildman–Crippen LogP) is 3.40. The minimum absolute atomic E-state index is 0.130. The average Bonchev–Trinajstić information content (AvgIpc) is 3.24. The number of para-hydroxylation sites is 2. The number of fused-ring (bicyclic) bond motifs is 1.